The van der Waals surface area contributed by atoms with Gasteiger partial charge in [-0.25, -0.2) is 0 Å². The number of carbonyl (C=O) groups is 5. The quantitative estimate of drug-likeness (QED) is 0.233. The average Bonchev–Trinajstić information content (AvgIpc) is 2.70. The lowest BCUT2D eigenvalue weighted by Gasteiger charge is -2.26. The van der Waals surface area contributed by atoms with Crippen LogP contribution in [-0.4, -0.2) is 59.6 Å². The minimum atomic E-state index is -1.26. The van der Waals surface area contributed by atoms with Gasteiger partial charge in [0.1, 0.15) is 12.1 Å². The van der Waals surface area contributed by atoms with Crippen LogP contribution in [0.3, 0.4) is 0 Å². The normalized spacial score (nSPS) is 15.8. The van der Waals surface area contributed by atoms with Gasteiger partial charge in [-0.05, 0) is 39.5 Å². The molecule has 5 atom stereocenters. The highest BCUT2D eigenvalue weighted by Crippen LogP contribution is 2.11. The van der Waals surface area contributed by atoms with Crippen molar-refractivity contribution in [3.05, 3.63) is 0 Å². The maximum Gasteiger partial charge on any atom is 0.243 e. The Morgan fingerprint density at radius 1 is 0.727 bits per heavy atom. The van der Waals surface area contributed by atoms with E-state index in [-0.39, 0.29) is 29.6 Å². The second-order valence-electron chi connectivity index (χ2n) is 9.41. The van der Waals surface area contributed by atoms with Crippen molar-refractivity contribution in [2.75, 3.05) is 0 Å². The summed E-state index contributed by atoms with van der Waals surface area (Å²) in [6.45, 7) is 14.4. The summed E-state index contributed by atoms with van der Waals surface area (Å²) < 4.78 is 0. The van der Waals surface area contributed by atoms with Crippen LogP contribution in [0.25, 0.3) is 0 Å². The maximum absolute atomic E-state index is 12.9. The number of nitrogens with two attached hydrogens (primary N) is 1. The van der Waals surface area contributed by atoms with Crippen LogP contribution in [0, 0.1) is 11.8 Å². The van der Waals surface area contributed by atoms with Crippen molar-refractivity contribution < 1.29 is 24.0 Å². The third kappa shape index (κ3) is 11.8. The molecule has 0 saturated carbocycles. The number of amides is 4. The molecule has 0 heterocycles. The Labute approximate surface area is 197 Å². The van der Waals surface area contributed by atoms with Crippen LogP contribution < -0.4 is 27.0 Å². The molecule has 0 aromatic heterocycles. The smallest absolute Gasteiger partial charge is 0.243 e. The Hall–Kier alpha value is -2.49. The van der Waals surface area contributed by atoms with Crippen molar-refractivity contribution in [3.8, 4) is 0 Å². The Morgan fingerprint density at radius 3 is 1.70 bits per heavy atom. The minimum Gasteiger partial charge on any atom is -0.370 e. The van der Waals surface area contributed by atoms with Gasteiger partial charge in [0, 0.05) is 12.0 Å². The van der Waals surface area contributed by atoms with Crippen molar-refractivity contribution in [2.24, 2.45) is 17.6 Å². The number of ketones is 1. The first-order chi connectivity index (χ1) is 15.2. The molecule has 0 aliphatic carbocycles. The molecule has 0 aliphatic rings. The molecule has 10 heteroatoms. The fourth-order valence-corrected chi connectivity index (χ4v) is 3.12. The van der Waals surface area contributed by atoms with E-state index in [1.54, 1.807) is 20.8 Å². The molecule has 33 heavy (non-hydrogen) atoms. The van der Waals surface area contributed by atoms with Crippen LogP contribution in [0.5, 0.6) is 0 Å². The third-order valence-corrected chi connectivity index (χ3v) is 5.27. The van der Waals surface area contributed by atoms with Crippen LogP contribution in [-0.2, 0) is 24.0 Å². The molecule has 0 aliphatic heterocycles. The molecule has 0 radical (unpaired) electrons. The summed E-state index contributed by atoms with van der Waals surface area (Å²) in [7, 11) is 0. The highest BCUT2D eigenvalue weighted by Gasteiger charge is 2.30. The lowest BCUT2D eigenvalue weighted by molar-refractivity contribution is -0.135. The predicted molar refractivity (Wildman–Crippen MR) is 127 cm³/mol. The van der Waals surface area contributed by atoms with Crippen molar-refractivity contribution in [2.45, 2.75) is 105 Å². The number of hydrogen-bond acceptors (Lipinski definition) is 6. The second-order valence-corrected chi connectivity index (χ2v) is 9.41. The lowest BCUT2D eigenvalue weighted by Crippen LogP contribution is -2.57. The van der Waals surface area contributed by atoms with Crippen molar-refractivity contribution in [3.63, 3.8) is 0 Å². The molecule has 0 aromatic carbocycles. The number of Topliss-reactive ketones (excluding diaryl/α,β-unsaturated/α-hetero) is 1. The van der Waals surface area contributed by atoms with Crippen LogP contribution >= 0.6 is 0 Å². The lowest BCUT2D eigenvalue weighted by atomic mass is 9.94. The molecule has 0 fully saturated rings. The molecule has 0 aromatic rings. The molecule has 6 N–H and O–H groups in total. The first-order valence-electron chi connectivity index (χ1n) is 11.7. The Bertz CT molecular complexity index is 695. The first kappa shape index (κ1) is 30.5. The summed E-state index contributed by atoms with van der Waals surface area (Å²) in [5.74, 6) is -2.75. The third-order valence-electron chi connectivity index (χ3n) is 5.27. The summed E-state index contributed by atoms with van der Waals surface area (Å²) in [6.07, 6.45) is 0.830. The molecule has 5 unspecified atom stereocenters. The zero-order valence-electron chi connectivity index (χ0n) is 21.3. The maximum atomic E-state index is 12.9. The molecule has 0 bridgehead atoms. The molecule has 190 valence electrons. The molecule has 0 saturated heterocycles. The van der Waals surface area contributed by atoms with Gasteiger partial charge in [0.05, 0.1) is 18.5 Å². The molecular weight excluding hydrogens is 426 g/mol. The number of hydrogen-bond donors (Lipinski definition) is 5. The molecular formula is C23H43N5O5. The monoisotopic (exact) mass is 469 g/mol. The highest BCUT2D eigenvalue weighted by molar-refractivity contribution is 5.97. The molecule has 0 rings (SSSR count). The Balaban J connectivity index is 5.27. The summed E-state index contributed by atoms with van der Waals surface area (Å²) >= 11 is 0. The largest absolute Gasteiger partial charge is 0.370 e. The van der Waals surface area contributed by atoms with E-state index >= 15 is 0 Å². The number of primary amides is 1. The van der Waals surface area contributed by atoms with E-state index in [1.807, 2.05) is 27.7 Å². The molecule has 10 nitrogen and oxygen atoms in total. The van der Waals surface area contributed by atoms with Crippen molar-refractivity contribution in [1.82, 2.24) is 21.3 Å². The van der Waals surface area contributed by atoms with Gasteiger partial charge < -0.3 is 27.0 Å². The van der Waals surface area contributed by atoms with Crippen molar-refractivity contribution >= 4 is 29.4 Å². The van der Waals surface area contributed by atoms with E-state index in [0.29, 0.717) is 6.42 Å². The summed E-state index contributed by atoms with van der Waals surface area (Å²) in [5, 5.41) is 10.8. The van der Waals surface area contributed by atoms with E-state index in [4.69, 9.17) is 5.73 Å². The van der Waals surface area contributed by atoms with Gasteiger partial charge in [0.2, 0.25) is 23.6 Å². The summed E-state index contributed by atoms with van der Waals surface area (Å²) in [5.41, 5.74) is 5.27. The van der Waals surface area contributed by atoms with Crippen molar-refractivity contribution in [1.29, 1.82) is 0 Å². The summed E-state index contributed by atoms with van der Waals surface area (Å²) in [4.78, 5) is 61.9. The van der Waals surface area contributed by atoms with Gasteiger partial charge >= 0.3 is 0 Å². The predicted octanol–water partition coefficient (Wildman–Crippen LogP) is 0.384. The summed E-state index contributed by atoms with van der Waals surface area (Å²) in [6, 6.07) is -3.34. The van der Waals surface area contributed by atoms with Gasteiger partial charge in [-0.3, -0.25) is 24.0 Å². The zero-order valence-corrected chi connectivity index (χ0v) is 21.3. The average molecular weight is 470 g/mol. The van der Waals surface area contributed by atoms with E-state index in [2.05, 4.69) is 21.3 Å². The van der Waals surface area contributed by atoms with Gasteiger partial charge in [0.15, 0.2) is 5.78 Å². The van der Waals surface area contributed by atoms with Gasteiger partial charge in [-0.2, -0.15) is 0 Å². The standard InChI is InChI=1S/C23H43N5O5/c1-9-14(6)25-15(7)21(31)26-16(8)22(32)28-18(11-19(24)29)23(33)27-17(10-12(2)3)20(30)13(4)5/h12-18,25H,9-11H2,1-8H3,(H2,24,29)(H,26,31)(H,27,33)(H,28,32). The van der Waals surface area contributed by atoms with Crippen LogP contribution in [0.4, 0.5) is 0 Å². The van der Waals surface area contributed by atoms with Gasteiger partial charge in [-0.1, -0.05) is 34.6 Å². The molecule has 4 amide bonds. The highest BCUT2D eigenvalue weighted by atomic mass is 16.2. The zero-order chi connectivity index (χ0) is 25.9. The second kappa shape index (κ2) is 14.6. The van der Waals surface area contributed by atoms with Crippen LogP contribution in [0.1, 0.15) is 74.7 Å². The van der Waals surface area contributed by atoms with E-state index in [0.717, 1.165) is 6.42 Å². The van der Waals surface area contributed by atoms with Crippen LogP contribution in [0.15, 0.2) is 0 Å². The SMILES string of the molecule is CCC(C)NC(C)C(=O)NC(C)C(=O)NC(CC(N)=O)C(=O)NC(CC(C)C)C(=O)C(C)C. The first-order valence-corrected chi connectivity index (χ1v) is 11.7. The van der Waals surface area contributed by atoms with E-state index in [9.17, 15) is 24.0 Å². The number of nitrogens with one attached hydrogen (secondary N) is 4. The van der Waals surface area contributed by atoms with E-state index < -0.39 is 48.3 Å². The van der Waals surface area contributed by atoms with Gasteiger partial charge in [-0.15, -0.1) is 0 Å². The van der Waals surface area contributed by atoms with Gasteiger partial charge in [0.25, 0.3) is 0 Å². The number of carbonyl (C=O) groups excluding carboxylic acids is 5. The molecule has 0 spiro atoms. The Morgan fingerprint density at radius 2 is 1.24 bits per heavy atom. The Kier molecular flexibility index (Phi) is 13.5. The topological polar surface area (TPSA) is 159 Å². The number of rotatable bonds is 15. The fraction of sp³-hybridized carbons (Fsp3) is 0.783. The minimum absolute atomic E-state index is 0.130. The van der Waals surface area contributed by atoms with E-state index in [1.165, 1.54) is 6.92 Å². The fourth-order valence-electron chi connectivity index (χ4n) is 3.12. The van der Waals surface area contributed by atoms with Crippen LogP contribution in [0.2, 0.25) is 0 Å².